The van der Waals surface area contributed by atoms with Crippen LogP contribution in [0.4, 0.5) is 4.39 Å². The molecule has 0 aliphatic carbocycles. The van der Waals surface area contributed by atoms with Crippen molar-refractivity contribution in [1.82, 2.24) is 10.2 Å². The highest BCUT2D eigenvalue weighted by molar-refractivity contribution is 7.80. The Balaban J connectivity index is 1.99. The predicted molar refractivity (Wildman–Crippen MR) is 76.4 cm³/mol. The van der Waals surface area contributed by atoms with Gasteiger partial charge in [0, 0.05) is 23.5 Å². The first kappa shape index (κ1) is 14.8. The molecular weight excluding hydrogens is 279 g/mol. The summed E-state index contributed by atoms with van der Waals surface area (Å²) in [5, 5.41) is 2.63. The van der Waals surface area contributed by atoms with Crippen LogP contribution in [0.5, 0.6) is 0 Å². The van der Waals surface area contributed by atoms with Crippen LogP contribution < -0.4 is 5.32 Å². The lowest BCUT2D eigenvalue weighted by atomic mass is 10.2. The average molecular weight is 296 g/mol. The van der Waals surface area contributed by atoms with Crippen molar-refractivity contribution in [1.29, 1.82) is 0 Å². The third-order valence-electron chi connectivity index (χ3n) is 3.34. The molecule has 6 heteroatoms. The van der Waals surface area contributed by atoms with Gasteiger partial charge in [0.1, 0.15) is 11.9 Å². The van der Waals surface area contributed by atoms with Crippen molar-refractivity contribution in [2.45, 2.75) is 30.7 Å². The van der Waals surface area contributed by atoms with E-state index in [2.05, 4.69) is 17.9 Å². The fraction of sp³-hybridized carbons (Fsp3) is 0.429. The van der Waals surface area contributed by atoms with Gasteiger partial charge in [-0.25, -0.2) is 4.39 Å². The molecule has 0 aromatic heterocycles. The van der Waals surface area contributed by atoms with Crippen LogP contribution in [0.15, 0.2) is 23.1 Å². The Morgan fingerprint density at radius 3 is 2.60 bits per heavy atom. The van der Waals surface area contributed by atoms with E-state index in [0.717, 1.165) is 25.9 Å². The smallest absolute Gasteiger partial charge is 0.251 e. The standard InChI is InChI=1S/C14H17FN2O2S/c1-9(14(19)17-6-2-3-7-17)16-13(18)10-4-5-11(15)12(20)8-10/h4-5,8-9,20H,2-3,6-7H2,1H3,(H,16,18). The van der Waals surface area contributed by atoms with Gasteiger partial charge in [-0.1, -0.05) is 0 Å². The minimum Gasteiger partial charge on any atom is -0.341 e. The van der Waals surface area contributed by atoms with Crippen LogP contribution in [0.25, 0.3) is 0 Å². The lowest BCUT2D eigenvalue weighted by Gasteiger charge is -2.21. The van der Waals surface area contributed by atoms with Crippen molar-refractivity contribution in [3.05, 3.63) is 29.6 Å². The number of likely N-dealkylation sites (tertiary alicyclic amines) is 1. The van der Waals surface area contributed by atoms with Gasteiger partial charge in [-0.15, -0.1) is 12.6 Å². The quantitative estimate of drug-likeness (QED) is 0.837. The molecule has 0 bridgehead atoms. The molecule has 1 aromatic carbocycles. The number of nitrogens with one attached hydrogen (secondary N) is 1. The van der Waals surface area contributed by atoms with Crippen LogP contribution in [-0.4, -0.2) is 35.8 Å². The largest absolute Gasteiger partial charge is 0.341 e. The monoisotopic (exact) mass is 296 g/mol. The van der Waals surface area contributed by atoms with Gasteiger partial charge in [0.2, 0.25) is 5.91 Å². The Hall–Kier alpha value is -1.56. The number of carbonyl (C=O) groups is 2. The van der Waals surface area contributed by atoms with E-state index < -0.39 is 17.8 Å². The number of carbonyl (C=O) groups excluding carboxylic acids is 2. The molecule has 1 N–H and O–H groups in total. The van der Waals surface area contributed by atoms with Gasteiger partial charge >= 0.3 is 0 Å². The molecule has 0 saturated carbocycles. The first-order valence-corrected chi connectivity index (χ1v) is 7.02. The predicted octanol–water partition coefficient (Wildman–Crippen LogP) is 1.86. The van der Waals surface area contributed by atoms with Crippen LogP contribution in [0.2, 0.25) is 0 Å². The number of amides is 2. The summed E-state index contributed by atoms with van der Waals surface area (Å²) in [5.41, 5.74) is 0.289. The fourth-order valence-electron chi connectivity index (χ4n) is 2.21. The topological polar surface area (TPSA) is 49.4 Å². The molecule has 1 fully saturated rings. The number of thiol groups is 1. The Kier molecular flexibility index (Phi) is 4.65. The van der Waals surface area contributed by atoms with Gasteiger partial charge in [0.15, 0.2) is 0 Å². The number of halogens is 1. The van der Waals surface area contributed by atoms with E-state index in [1.54, 1.807) is 11.8 Å². The maximum atomic E-state index is 13.1. The van der Waals surface area contributed by atoms with E-state index in [9.17, 15) is 14.0 Å². The number of hydrogen-bond donors (Lipinski definition) is 2. The molecule has 0 spiro atoms. The van der Waals surface area contributed by atoms with Gasteiger partial charge in [-0.3, -0.25) is 9.59 Å². The third-order valence-corrected chi connectivity index (χ3v) is 3.69. The summed E-state index contributed by atoms with van der Waals surface area (Å²) in [4.78, 5) is 25.9. The number of rotatable bonds is 3. The molecule has 4 nitrogen and oxygen atoms in total. The molecular formula is C14H17FN2O2S. The molecule has 1 atom stereocenters. The summed E-state index contributed by atoms with van der Waals surface area (Å²) in [6.07, 6.45) is 2.01. The van der Waals surface area contributed by atoms with Crippen molar-refractivity contribution in [3.63, 3.8) is 0 Å². The van der Waals surface area contributed by atoms with E-state index in [4.69, 9.17) is 0 Å². The molecule has 2 amide bonds. The molecule has 1 aromatic rings. The summed E-state index contributed by atoms with van der Waals surface area (Å²) < 4.78 is 13.1. The molecule has 1 unspecified atom stereocenters. The van der Waals surface area contributed by atoms with Gasteiger partial charge in [0.25, 0.3) is 5.91 Å². The van der Waals surface area contributed by atoms with E-state index in [1.165, 1.54) is 18.2 Å². The zero-order valence-corrected chi connectivity index (χ0v) is 12.1. The highest BCUT2D eigenvalue weighted by Gasteiger charge is 2.24. The Morgan fingerprint density at radius 1 is 1.35 bits per heavy atom. The summed E-state index contributed by atoms with van der Waals surface area (Å²) in [6.45, 7) is 3.15. The van der Waals surface area contributed by atoms with Gasteiger partial charge in [0.05, 0.1) is 0 Å². The lowest BCUT2D eigenvalue weighted by Crippen LogP contribution is -2.45. The Labute approximate surface area is 122 Å². The summed E-state index contributed by atoms with van der Waals surface area (Å²) in [6, 6.07) is 3.32. The molecule has 20 heavy (non-hydrogen) atoms. The minimum absolute atomic E-state index is 0.0796. The average Bonchev–Trinajstić information content (AvgIpc) is 2.94. The summed E-state index contributed by atoms with van der Waals surface area (Å²) in [5.74, 6) is -0.963. The lowest BCUT2D eigenvalue weighted by molar-refractivity contribution is -0.131. The van der Waals surface area contributed by atoms with E-state index >= 15 is 0 Å². The molecule has 2 rings (SSSR count). The fourth-order valence-corrected chi connectivity index (χ4v) is 2.42. The zero-order valence-electron chi connectivity index (χ0n) is 11.2. The van der Waals surface area contributed by atoms with Crippen LogP contribution in [0, 0.1) is 5.82 Å². The van der Waals surface area contributed by atoms with E-state index in [1.807, 2.05) is 0 Å². The number of nitrogens with zero attached hydrogens (tertiary/aromatic N) is 1. The van der Waals surface area contributed by atoms with Crippen LogP contribution in [0.1, 0.15) is 30.1 Å². The van der Waals surface area contributed by atoms with Gasteiger partial charge in [-0.2, -0.15) is 0 Å². The van der Waals surface area contributed by atoms with Crippen LogP contribution >= 0.6 is 12.6 Å². The SMILES string of the molecule is CC(NC(=O)c1ccc(F)c(S)c1)C(=O)N1CCCC1. The van der Waals surface area contributed by atoms with Crippen molar-refractivity contribution in [2.24, 2.45) is 0 Å². The highest BCUT2D eigenvalue weighted by atomic mass is 32.1. The Morgan fingerprint density at radius 2 is 2.00 bits per heavy atom. The molecule has 1 aliphatic heterocycles. The minimum atomic E-state index is -0.589. The second-order valence-electron chi connectivity index (χ2n) is 4.89. The molecule has 1 aliphatic rings. The molecule has 108 valence electrons. The zero-order chi connectivity index (χ0) is 14.7. The van der Waals surface area contributed by atoms with Gasteiger partial charge in [-0.05, 0) is 38.0 Å². The normalized spacial score (nSPS) is 16.1. The second kappa shape index (κ2) is 6.26. The van der Waals surface area contributed by atoms with Gasteiger partial charge < -0.3 is 10.2 Å². The maximum absolute atomic E-state index is 13.1. The van der Waals surface area contributed by atoms with Crippen molar-refractivity contribution in [2.75, 3.05) is 13.1 Å². The van der Waals surface area contributed by atoms with E-state index in [-0.39, 0.29) is 16.4 Å². The van der Waals surface area contributed by atoms with Crippen molar-refractivity contribution >= 4 is 24.4 Å². The summed E-state index contributed by atoms with van der Waals surface area (Å²) in [7, 11) is 0. The van der Waals surface area contributed by atoms with Crippen LogP contribution in [-0.2, 0) is 4.79 Å². The first-order chi connectivity index (χ1) is 9.49. The Bertz CT molecular complexity index is 530. The molecule has 1 heterocycles. The van der Waals surface area contributed by atoms with E-state index in [0.29, 0.717) is 0 Å². The number of benzene rings is 1. The molecule has 0 radical (unpaired) electrons. The third kappa shape index (κ3) is 3.30. The van der Waals surface area contributed by atoms with Crippen molar-refractivity contribution < 1.29 is 14.0 Å². The van der Waals surface area contributed by atoms with Crippen LogP contribution in [0.3, 0.4) is 0 Å². The number of hydrogen-bond acceptors (Lipinski definition) is 3. The second-order valence-corrected chi connectivity index (χ2v) is 5.38. The molecule has 1 saturated heterocycles. The first-order valence-electron chi connectivity index (χ1n) is 6.57. The highest BCUT2D eigenvalue weighted by Crippen LogP contribution is 2.14. The summed E-state index contributed by atoms with van der Waals surface area (Å²) >= 11 is 3.93. The maximum Gasteiger partial charge on any atom is 0.251 e. The van der Waals surface area contributed by atoms with Crippen molar-refractivity contribution in [3.8, 4) is 0 Å².